The first-order chi connectivity index (χ1) is 12.5. The van der Waals surface area contributed by atoms with Crippen molar-refractivity contribution in [2.45, 2.75) is 25.2 Å². The molecule has 1 amide bonds. The Balaban J connectivity index is 2.25. The van der Waals surface area contributed by atoms with Crippen LogP contribution in [0.5, 0.6) is 0 Å². The average Bonchev–Trinajstić information content (AvgIpc) is 2.98. The van der Waals surface area contributed by atoms with E-state index >= 15 is 0 Å². The Hall–Kier alpha value is -1.47. The molecule has 0 bridgehead atoms. The zero-order valence-corrected chi connectivity index (χ0v) is 16.3. The van der Waals surface area contributed by atoms with Crippen LogP contribution in [0.4, 0.5) is 5.69 Å². The van der Waals surface area contributed by atoms with Crippen LogP contribution in [-0.4, -0.2) is 49.4 Å². The smallest absolute Gasteiger partial charge is 0.227 e. The normalized spacial score (nSPS) is 20.0. The molecule has 3 rings (SSSR count). The first-order valence-corrected chi connectivity index (χ1v) is 9.40. The van der Waals surface area contributed by atoms with E-state index in [0.29, 0.717) is 35.3 Å². The third-order valence-electron chi connectivity index (χ3n) is 4.89. The predicted molar refractivity (Wildman–Crippen MR) is 105 cm³/mol. The molecule has 26 heavy (non-hydrogen) atoms. The minimum absolute atomic E-state index is 0.0130. The Labute approximate surface area is 162 Å². The van der Waals surface area contributed by atoms with Gasteiger partial charge in [0.05, 0.1) is 28.1 Å². The lowest BCUT2D eigenvalue weighted by molar-refractivity contribution is -0.122. The third kappa shape index (κ3) is 3.39. The summed E-state index contributed by atoms with van der Waals surface area (Å²) in [5, 5.41) is 17.1. The molecule has 0 spiro atoms. The van der Waals surface area contributed by atoms with Crippen LogP contribution in [0.3, 0.4) is 0 Å². The highest BCUT2D eigenvalue weighted by Crippen LogP contribution is 2.44. The number of hydrogen-bond donors (Lipinski definition) is 4. The van der Waals surface area contributed by atoms with Crippen molar-refractivity contribution in [1.82, 2.24) is 10.3 Å². The molecule has 0 saturated heterocycles. The lowest BCUT2D eigenvalue weighted by Gasteiger charge is -2.14. The minimum atomic E-state index is -0.335. The van der Waals surface area contributed by atoms with E-state index in [1.54, 1.807) is 13.2 Å². The van der Waals surface area contributed by atoms with E-state index in [0.717, 1.165) is 28.8 Å². The van der Waals surface area contributed by atoms with E-state index in [9.17, 15) is 9.90 Å². The number of carbonyl (C=O) groups is 1. The van der Waals surface area contributed by atoms with Crippen LogP contribution in [0.1, 0.15) is 36.4 Å². The van der Waals surface area contributed by atoms with Gasteiger partial charge in [0.2, 0.25) is 5.91 Å². The second kappa shape index (κ2) is 8.05. The summed E-state index contributed by atoms with van der Waals surface area (Å²) in [7, 11) is 1.66. The number of aliphatic hydroxyl groups excluding tert-OH is 1. The van der Waals surface area contributed by atoms with Gasteiger partial charge >= 0.3 is 0 Å². The predicted octanol–water partition coefficient (Wildman–Crippen LogP) is 3.23. The van der Waals surface area contributed by atoms with Crippen LogP contribution in [0.2, 0.25) is 10.0 Å². The molecule has 1 aliphatic heterocycles. The molecule has 0 saturated carbocycles. The molecular weight excluding hydrogens is 377 g/mol. The molecule has 1 aliphatic rings. The summed E-state index contributed by atoms with van der Waals surface area (Å²) in [5.74, 6) is -0.267. The maximum atomic E-state index is 12.5. The number of ether oxygens (including phenoxy) is 1. The first-order valence-electron chi connectivity index (χ1n) is 8.64. The Morgan fingerprint density at radius 1 is 1.42 bits per heavy atom. The fourth-order valence-electron chi connectivity index (χ4n) is 3.58. The van der Waals surface area contributed by atoms with Gasteiger partial charge in [-0.15, -0.1) is 0 Å². The molecule has 2 aromatic rings. The van der Waals surface area contributed by atoms with E-state index in [1.807, 2.05) is 6.92 Å². The number of carbonyl (C=O) groups excluding carboxylic acids is 1. The van der Waals surface area contributed by atoms with Crippen LogP contribution in [0, 0.1) is 0 Å². The highest BCUT2D eigenvalue weighted by molar-refractivity contribution is 6.45. The Kier molecular flexibility index (Phi) is 5.97. The quantitative estimate of drug-likeness (QED) is 0.600. The summed E-state index contributed by atoms with van der Waals surface area (Å²) >= 11 is 12.8. The van der Waals surface area contributed by atoms with Crippen molar-refractivity contribution >= 4 is 45.7 Å². The number of aliphatic hydroxyl groups is 1. The lowest BCUT2D eigenvalue weighted by Crippen LogP contribution is -2.28. The number of amides is 1. The zero-order chi connectivity index (χ0) is 18.8. The monoisotopic (exact) mass is 399 g/mol. The summed E-state index contributed by atoms with van der Waals surface area (Å²) < 4.78 is 5.23. The van der Waals surface area contributed by atoms with Gasteiger partial charge in [0.15, 0.2) is 0 Å². The number of hydrogen-bond acceptors (Lipinski definition) is 4. The molecule has 2 atom stereocenters. The molecule has 2 heterocycles. The van der Waals surface area contributed by atoms with Crippen molar-refractivity contribution < 1.29 is 14.6 Å². The number of anilines is 1. The summed E-state index contributed by atoms with van der Waals surface area (Å²) in [5.41, 5.74) is 3.38. The Bertz CT molecular complexity index is 822. The van der Waals surface area contributed by atoms with Crippen LogP contribution < -0.4 is 10.6 Å². The van der Waals surface area contributed by atoms with Gasteiger partial charge < -0.3 is 25.5 Å². The van der Waals surface area contributed by atoms with Gasteiger partial charge in [0, 0.05) is 49.5 Å². The van der Waals surface area contributed by atoms with Crippen molar-refractivity contribution in [3.8, 4) is 0 Å². The van der Waals surface area contributed by atoms with Crippen molar-refractivity contribution in [2.24, 2.45) is 0 Å². The van der Waals surface area contributed by atoms with Gasteiger partial charge in [0.1, 0.15) is 0 Å². The molecule has 8 heteroatoms. The SMILES string of the molecule is COCC[C@H]1CNC(=O)[C@H](C)c2c1[nH]c1c(Cl)c(Cl)cc(NCCO)c21. The maximum Gasteiger partial charge on any atom is 0.227 e. The molecule has 1 aromatic heterocycles. The highest BCUT2D eigenvalue weighted by atomic mass is 35.5. The van der Waals surface area contributed by atoms with Crippen LogP contribution >= 0.6 is 23.2 Å². The number of H-pyrrole nitrogens is 1. The van der Waals surface area contributed by atoms with E-state index in [1.165, 1.54) is 0 Å². The largest absolute Gasteiger partial charge is 0.395 e. The summed E-state index contributed by atoms with van der Waals surface area (Å²) in [6.07, 6.45) is 0.772. The molecule has 142 valence electrons. The standard InChI is InChI=1S/C18H23Cl2N3O3/c1-9-13-14-12(21-4-5-24)7-11(19)15(20)17(14)23-16(13)10(3-6-26-2)8-22-18(9)25/h7,9-10,21,23-24H,3-6,8H2,1-2H3,(H,22,25)/t9-,10+/m1/s1. The molecule has 0 radical (unpaired) electrons. The number of methoxy groups -OCH3 is 1. The number of halogens is 2. The summed E-state index contributed by atoms with van der Waals surface area (Å²) in [6.45, 7) is 3.38. The second-order valence-electron chi connectivity index (χ2n) is 6.52. The lowest BCUT2D eigenvalue weighted by atomic mass is 9.91. The van der Waals surface area contributed by atoms with Crippen molar-refractivity contribution in [3.05, 3.63) is 27.4 Å². The van der Waals surface area contributed by atoms with E-state index in [2.05, 4.69) is 15.6 Å². The van der Waals surface area contributed by atoms with E-state index in [-0.39, 0.29) is 24.3 Å². The number of rotatable bonds is 6. The van der Waals surface area contributed by atoms with Crippen molar-refractivity contribution in [3.63, 3.8) is 0 Å². The number of fused-ring (bicyclic) bond motifs is 3. The molecule has 4 N–H and O–H groups in total. The number of nitrogens with one attached hydrogen (secondary N) is 3. The number of aromatic nitrogens is 1. The molecule has 6 nitrogen and oxygen atoms in total. The number of benzene rings is 1. The summed E-state index contributed by atoms with van der Waals surface area (Å²) in [6, 6.07) is 1.75. The fraction of sp³-hybridized carbons (Fsp3) is 0.500. The van der Waals surface area contributed by atoms with Crippen LogP contribution in [0.15, 0.2) is 6.07 Å². The fourth-order valence-corrected chi connectivity index (χ4v) is 3.98. The van der Waals surface area contributed by atoms with Gasteiger partial charge in [-0.2, -0.15) is 0 Å². The molecule has 1 aromatic carbocycles. The van der Waals surface area contributed by atoms with Crippen molar-refractivity contribution in [1.29, 1.82) is 0 Å². The number of aromatic amines is 1. The average molecular weight is 400 g/mol. The minimum Gasteiger partial charge on any atom is -0.395 e. The van der Waals surface area contributed by atoms with Crippen molar-refractivity contribution in [2.75, 3.05) is 38.7 Å². The van der Waals surface area contributed by atoms with Gasteiger partial charge in [-0.05, 0) is 25.0 Å². The summed E-state index contributed by atoms with van der Waals surface area (Å²) in [4.78, 5) is 16.0. The maximum absolute atomic E-state index is 12.5. The van der Waals surface area contributed by atoms with Gasteiger partial charge in [-0.1, -0.05) is 23.2 Å². The second-order valence-corrected chi connectivity index (χ2v) is 7.30. The third-order valence-corrected chi connectivity index (χ3v) is 5.68. The molecule has 0 unspecified atom stereocenters. The van der Waals surface area contributed by atoms with Gasteiger partial charge in [0.25, 0.3) is 0 Å². The van der Waals surface area contributed by atoms with Gasteiger partial charge in [-0.25, -0.2) is 0 Å². The first kappa shape index (κ1) is 19.3. The van der Waals surface area contributed by atoms with Gasteiger partial charge in [-0.3, -0.25) is 4.79 Å². The Morgan fingerprint density at radius 2 is 2.19 bits per heavy atom. The molecule has 0 fully saturated rings. The molecule has 0 aliphatic carbocycles. The van der Waals surface area contributed by atoms with Crippen LogP contribution in [0.25, 0.3) is 10.9 Å². The highest BCUT2D eigenvalue weighted by Gasteiger charge is 2.32. The molecular formula is C18H23Cl2N3O3. The zero-order valence-electron chi connectivity index (χ0n) is 14.8. The van der Waals surface area contributed by atoms with Crippen LogP contribution in [-0.2, 0) is 9.53 Å². The van der Waals surface area contributed by atoms with E-state index in [4.69, 9.17) is 27.9 Å². The topological polar surface area (TPSA) is 86.4 Å². The Morgan fingerprint density at radius 3 is 2.88 bits per heavy atom. The van der Waals surface area contributed by atoms with E-state index < -0.39 is 0 Å².